The van der Waals surface area contributed by atoms with Crippen LogP contribution in [0, 0.1) is 6.92 Å². The Balaban J connectivity index is 3.26. The summed E-state index contributed by atoms with van der Waals surface area (Å²) in [6.07, 6.45) is 0. The smallest absolute Gasteiger partial charge is 0.243 e. The predicted octanol–water partition coefficient (Wildman–Crippen LogP) is 1.67. The molecule has 0 radical (unpaired) electrons. The van der Waals surface area contributed by atoms with Crippen molar-refractivity contribution in [3.63, 3.8) is 0 Å². The van der Waals surface area contributed by atoms with Gasteiger partial charge in [-0.1, -0.05) is 25.2 Å². The van der Waals surface area contributed by atoms with Crippen molar-refractivity contribution in [1.29, 1.82) is 0 Å². The van der Waals surface area contributed by atoms with Crippen LogP contribution in [0.5, 0.6) is 0 Å². The third kappa shape index (κ3) is 4.00. The third-order valence-electron chi connectivity index (χ3n) is 3.26. The van der Waals surface area contributed by atoms with Gasteiger partial charge >= 0.3 is 0 Å². The van der Waals surface area contributed by atoms with Gasteiger partial charge < -0.3 is 10.5 Å². The van der Waals surface area contributed by atoms with E-state index in [2.05, 4.69) is 0 Å². The molecule has 21 heavy (non-hydrogen) atoms. The monoisotopic (exact) mass is 330 g/mol. The molecule has 0 aromatic heterocycles. The number of sulfonamides is 1. The van der Waals surface area contributed by atoms with E-state index in [0.717, 1.165) is 0 Å². The Bertz CT molecular complexity index is 615. The molecule has 0 aliphatic carbocycles. The lowest BCUT2D eigenvalue weighted by Gasteiger charge is -2.27. The third-order valence-corrected chi connectivity index (χ3v) is 5.74. The lowest BCUT2D eigenvalue weighted by atomic mass is 10.1. The van der Waals surface area contributed by atoms with Crippen LogP contribution in [0.3, 0.4) is 0 Å². The molecule has 0 bridgehead atoms. The summed E-state index contributed by atoms with van der Waals surface area (Å²) >= 11 is 4.91. The number of nitrogens with two attached hydrogens (primary N) is 1. The molecule has 1 aromatic carbocycles. The van der Waals surface area contributed by atoms with Gasteiger partial charge in [0.25, 0.3) is 0 Å². The molecule has 0 spiro atoms. The second-order valence-corrected chi connectivity index (χ2v) is 7.16. The minimum atomic E-state index is -3.58. The molecular formula is C14H22N2O3S2. The van der Waals surface area contributed by atoms with Gasteiger partial charge in [-0.05, 0) is 31.5 Å². The normalized spacial score (nSPS) is 13.4. The number of thiocarbonyl (C=S) groups is 1. The number of aryl methyl sites for hydroxylation is 1. The summed E-state index contributed by atoms with van der Waals surface area (Å²) < 4.78 is 32.1. The van der Waals surface area contributed by atoms with Gasteiger partial charge in [0.05, 0.1) is 11.5 Å². The summed E-state index contributed by atoms with van der Waals surface area (Å²) in [5.74, 6) is 0. The van der Waals surface area contributed by atoms with Gasteiger partial charge in [-0.25, -0.2) is 8.42 Å². The fourth-order valence-corrected chi connectivity index (χ4v) is 4.22. The Kier molecular flexibility index (Phi) is 6.27. The summed E-state index contributed by atoms with van der Waals surface area (Å²) in [6, 6.07) is 4.65. The topological polar surface area (TPSA) is 72.6 Å². The van der Waals surface area contributed by atoms with E-state index < -0.39 is 10.0 Å². The molecule has 1 rings (SSSR count). The average Bonchev–Trinajstić information content (AvgIpc) is 2.38. The zero-order valence-electron chi connectivity index (χ0n) is 12.8. The quantitative estimate of drug-likeness (QED) is 0.770. The van der Waals surface area contributed by atoms with E-state index in [-0.39, 0.29) is 15.9 Å². The maximum atomic E-state index is 12.8. The Morgan fingerprint density at radius 2 is 2.10 bits per heavy atom. The summed E-state index contributed by atoms with van der Waals surface area (Å²) in [5.41, 5.74) is 6.86. The van der Waals surface area contributed by atoms with Crippen molar-refractivity contribution in [3.05, 3.63) is 29.3 Å². The maximum absolute atomic E-state index is 12.8. The second kappa shape index (κ2) is 7.31. The molecule has 1 aromatic rings. The van der Waals surface area contributed by atoms with Crippen LogP contribution in [0.4, 0.5) is 0 Å². The number of hydrogen-bond acceptors (Lipinski definition) is 4. The van der Waals surface area contributed by atoms with Crippen LogP contribution in [0.25, 0.3) is 0 Å². The van der Waals surface area contributed by atoms with Gasteiger partial charge in [-0.3, -0.25) is 0 Å². The van der Waals surface area contributed by atoms with Gasteiger partial charge in [-0.15, -0.1) is 0 Å². The predicted molar refractivity (Wildman–Crippen MR) is 88.0 cm³/mol. The molecule has 1 unspecified atom stereocenters. The van der Waals surface area contributed by atoms with Crippen molar-refractivity contribution in [2.24, 2.45) is 5.73 Å². The summed E-state index contributed by atoms with van der Waals surface area (Å²) in [4.78, 5) is 0.523. The molecule has 0 saturated carbocycles. The number of benzene rings is 1. The zero-order chi connectivity index (χ0) is 16.2. The zero-order valence-corrected chi connectivity index (χ0v) is 14.4. The van der Waals surface area contributed by atoms with E-state index in [0.29, 0.717) is 24.3 Å². The van der Waals surface area contributed by atoms with Crippen molar-refractivity contribution < 1.29 is 13.2 Å². The molecule has 7 heteroatoms. The first-order valence-electron chi connectivity index (χ1n) is 6.66. The number of likely N-dealkylation sites (N-methyl/N-ethyl adjacent to an activating group) is 1. The first kappa shape index (κ1) is 18.0. The summed E-state index contributed by atoms with van der Waals surface area (Å²) in [5, 5.41) is 0. The van der Waals surface area contributed by atoms with Crippen LogP contribution < -0.4 is 5.73 Å². The summed E-state index contributed by atoms with van der Waals surface area (Å²) in [6.45, 7) is 6.09. The lowest BCUT2D eigenvalue weighted by molar-refractivity contribution is 0.142. The largest absolute Gasteiger partial charge is 0.389 e. The first-order valence-corrected chi connectivity index (χ1v) is 8.51. The molecule has 0 fully saturated rings. The van der Waals surface area contributed by atoms with E-state index in [1.807, 2.05) is 13.8 Å². The number of hydrogen-bond donors (Lipinski definition) is 1. The first-order chi connectivity index (χ1) is 9.75. The van der Waals surface area contributed by atoms with Crippen LogP contribution in [0.2, 0.25) is 0 Å². The molecule has 0 saturated heterocycles. The molecule has 118 valence electrons. The lowest BCUT2D eigenvalue weighted by Crippen LogP contribution is -2.41. The van der Waals surface area contributed by atoms with Gasteiger partial charge in [0, 0.05) is 25.3 Å². The van der Waals surface area contributed by atoms with Crippen LogP contribution in [0.1, 0.15) is 25.0 Å². The molecule has 0 aliphatic rings. The van der Waals surface area contributed by atoms with Crippen molar-refractivity contribution in [1.82, 2.24) is 4.31 Å². The minimum Gasteiger partial charge on any atom is -0.389 e. The van der Waals surface area contributed by atoms with Gasteiger partial charge in [0.2, 0.25) is 10.0 Å². The Morgan fingerprint density at radius 3 is 2.52 bits per heavy atom. The van der Waals surface area contributed by atoms with E-state index in [1.54, 1.807) is 32.2 Å². The highest BCUT2D eigenvalue weighted by Gasteiger charge is 2.29. The molecule has 5 nitrogen and oxygen atoms in total. The standard InChI is InChI=1S/C14H22N2O3S2/c1-5-16(11(3)9-19-4)21(17,18)13-7-6-12(14(15)20)8-10(13)2/h6-8,11H,5,9H2,1-4H3,(H2,15,20). The number of ether oxygens (including phenoxy) is 1. The van der Waals surface area contributed by atoms with Gasteiger partial charge in [0.1, 0.15) is 4.99 Å². The number of nitrogens with zero attached hydrogens (tertiary/aromatic N) is 1. The van der Waals surface area contributed by atoms with Gasteiger partial charge in [-0.2, -0.15) is 4.31 Å². The fourth-order valence-electron chi connectivity index (χ4n) is 2.26. The van der Waals surface area contributed by atoms with E-state index in [1.165, 1.54) is 4.31 Å². The SMILES string of the molecule is CCN(C(C)COC)S(=O)(=O)c1ccc(C(N)=S)cc1C. The highest BCUT2D eigenvalue weighted by Crippen LogP contribution is 2.22. The van der Waals surface area contributed by atoms with E-state index in [4.69, 9.17) is 22.7 Å². The van der Waals surface area contributed by atoms with Crippen LogP contribution in [0.15, 0.2) is 23.1 Å². The molecular weight excluding hydrogens is 308 g/mol. The molecule has 2 N–H and O–H groups in total. The molecule has 0 aliphatic heterocycles. The summed E-state index contributed by atoms with van der Waals surface area (Å²) in [7, 11) is -2.02. The van der Waals surface area contributed by atoms with Crippen molar-refractivity contribution in [3.8, 4) is 0 Å². The highest BCUT2D eigenvalue weighted by molar-refractivity contribution is 7.89. The Morgan fingerprint density at radius 1 is 1.48 bits per heavy atom. The second-order valence-electron chi connectivity index (χ2n) is 4.86. The molecule has 0 amide bonds. The molecule has 1 atom stereocenters. The van der Waals surface area contributed by atoms with Crippen LogP contribution >= 0.6 is 12.2 Å². The fraction of sp³-hybridized carbons (Fsp3) is 0.500. The number of rotatable bonds is 7. The van der Waals surface area contributed by atoms with Crippen molar-refractivity contribution >= 4 is 27.2 Å². The maximum Gasteiger partial charge on any atom is 0.243 e. The van der Waals surface area contributed by atoms with Crippen LogP contribution in [-0.2, 0) is 14.8 Å². The van der Waals surface area contributed by atoms with Crippen molar-refractivity contribution in [2.75, 3.05) is 20.3 Å². The highest BCUT2D eigenvalue weighted by atomic mass is 32.2. The van der Waals surface area contributed by atoms with Gasteiger partial charge in [0.15, 0.2) is 0 Å². The Hall–Kier alpha value is -1.02. The molecule has 0 heterocycles. The number of methoxy groups -OCH3 is 1. The van der Waals surface area contributed by atoms with Crippen molar-refractivity contribution in [2.45, 2.75) is 31.7 Å². The minimum absolute atomic E-state index is 0.236. The Labute approximate surface area is 132 Å². The van der Waals surface area contributed by atoms with Crippen LogP contribution in [-0.4, -0.2) is 44.0 Å². The van der Waals surface area contributed by atoms with E-state index >= 15 is 0 Å². The van der Waals surface area contributed by atoms with E-state index in [9.17, 15) is 8.42 Å². The average molecular weight is 330 g/mol.